The van der Waals surface area contributed by atoms with Crippen LogP contribution in [0.1, 0.15) is 27.8 Å². The van der Waals surface area contributed by atoms with Crippen molar-refractivity contribution in [3.8, 4) is 11.5 Å². The first-order valence-corrected chi connectivity index (χ1v) is 7.64. The van der Waals surface area contributed by atoms with Gasteiger partial charge in [-0.3, -0.25) is 14.3 Å². The van der Waals surface area contributed by atoms with Crippen LogP contribution in [0, 0.1) is 0 Å². The van der Waals surface area contributed by atoms with Crippen LogP contribution in [0.3, 0.4) is 0 Å². The van der Waals surface area contributed by atoms with Gasteiger partial charge in [0.05, 0.1) is 12.3 Å². The van der Waals surface area contributed by atoms with Crippen molar-refractivity contribution < 1.29 is 27.8 Å². The number of hydrogen-bond acceptors (Lipinski definition) is 5. The van der Waals surface area contributed by atoms with Crippen LogP contribution < -0.4 is 20.1 Å². The van der Waals surface area contributed by atoms with Gasteiger partial charge in [-0.15, -0.1) is 0 Å². The van der Waals surface area contributed by atoms with Gasteiger partial charge in [0.15, 0.2) is 17.2 Å². The van der Waals surface area contributed by atoms with Crippen molar-refractivity contribution in [2.24, 2.45) is 7.05 Å². The number of aromatic nitrogens is 2. The molecular weight excluding hydrogens is 350 g/mol. The third-order valence-corrected chi connectivity index (χ3v) is 3.24. The van der Waals surface area contributed by atoms with E-state index in [4.69, 9.17) is 4.74 Å². The predicted octanol–water partition coefficient (Wildman–Crippen LogP) is 2.03. The Morgan fingerprint density at radius 1 is 1.27 bits per heavy atom. The molecule has 0 saturated heterocycles. The molecule has 0 atom stereocenters. The Kier molecular flexibility index (Phi) is 6.10. The van der Waals surface area contributed by atoms with Crippen molar-refractivity contribution in [3.05, 3.63) is 35.7 Å². The van der Waals surface area contributed by atoms with Gasteiger partial charge in [0, 0.05) is 25.9 Å². The molecule has 0 aliphatic rings. The van der Waals surface area contributed by atoms with Gasteiger partial charge in [-0.2, -0.15) is 13.9 Å². The number of anilines is 1. The summed E-state index contributed by atoms with van der Waals surface area (Å²) in [5.41, 5.74) is 0.399. The van der Waals surface area contributed by atoms with E-state index < -0.39 is 18.4 Å². The van der Waals surface area contributed by atoms with Gasteiger partial charge in [0.1, 0.15) is 0 Å². The molecule has 1 aromatic heterocycles. The van der Waals surface area contributed by atoms with E-state index >= 15 is 0 Å². The van der Waals surface area contributed by atoms with Gasteiger partial charge in [-0.1, -0.05) is 0 Å². The quantitative estimate of drug-likeness (QED) is 0.780. The van der Waals surface area contributed by atoms with E-state index in [0.717, 1.165) is 0 Å². The van der Waals surface area contributed by atoms with Crippen molar-refractivity contribution in [2.45, 2.75) is 13.5 Å². The lowest BCUT2D eigenvalue weighted by Crippen LogP contribution is -2.21. The lowest BCUT2D eigenvalue weighted by molar-refractivity contribution is -0.0514. The molecule has 2 aromatic rings. The standard InChI is InChI=1S/C16H18F2N4O4/c1-4-25-12-7-9(5-6-11(12)26-16(17)18)14(23)20-10-8-22(3)21-13(10)15(24)19-2/h5-8,16H,4H2,1-3H3,(H,19,24)(H,20,23). The largest absolute Gasteiger partial charge is 0.490 e. The number of halogens is 2. The number of carbonyl (C=O) groups excluding carboxylic acids is 2. The summed E-state index contributed by atoms with van der Waals surface area (Å²) in [5, 5.41) is 8.97. The number of amides is 2. The highest BCUT2D eigenvalue weighted by molar-refractivity contribution is 6.08. The third kappa shape index (κ3) is 4.47. The van der Waals surface area contributed by atoms with Crippen LogP contribution >= 0.6 is 0 Å². The Balaban J connectivity index is 2.27. The summed E-state index contributed by atoms with van der Waals surface area (Å²) in [4.78, 5) is 24.3. The topological polar surface area (TPSA) is 94.5 Å². The Morgan fingerprint density at radius 2 is 2.00 bits per heavy atom. The van der Waals surface area contributed by atoms with E-state index in [1.807, 2.05) is 0 Å². The van der Waals surface area contributed by atoms with Crippen LogP contribution in [0.5, 0.6) is 11.5 Å². The molecular formula is C16H18F2N4O4. The lowest BCUT2D eigenvalue weighted by atomic mass is 10.2. The average Bonchev–Trinajstić information content (AvgIpc) is 2.95. The maximum atomic E-state index is 12.5. The molecule has 2 N–H and O–H groups in total. The van der Waals surface area contributed by atoms with Gasteiger partial charge in [0.25, 0.3) is 11.8 Å². The summed E-state index contributed by atoms with van der Waals surface area (Å²) in [6.45, 7) is -1.14. The molecule has 0 fully saturated rings. The summed E-state index contributed by atoms with van der Waals surface area (Å²) in [6.07, 6.45) is 1.47. The molecule has 0 saturated carbocycles. The number of carbonyl (C=O) groups is 2. The zero-order chi connectivity index (χ0) is 19.3. The molecule has 0 spiro atoms. The Bertz CT molecular complexity index is 808. The number of benzene rings is 1. The SMILES string of the molecule is CCOc1cc(C(=O)Nc2cn(C)nc2C(=O)NC)ccc1OC(F)F. The average molecular weight is 368 g/mol. The Morgan fingerprint density at radius 3 is 2.62 bits per heavy atom. The number of nitrogens with zero attached hydrogens (tertiary/aromatic N) is 2. The first-order valence-electron chi connectivity index (χ1n) is 7.64. The van der Waals surface area contributed by atoms with E-state index in [1.54, 1.807) is 14.0 Å². The van der Waals surface area contributed by atoms with Crippen molar-refractivity contribution in [1.29, 1.82) is 0 Å². The molecule has 1 heterocycles. The molecule has 0 radical (unpaired) electrons. The molecule has 140 valence electrons. The second-order valence-corrected chi connectivity index (χ2v) is 5.07. The predicted molar refractivity (Wildman–Crippen MR) is 88.8 cm³/mol. The molecule has 0 unspecified atom stereocenters. The van der Waals surface area contributed by atoms with Crippen LogP contribution in [-0.2, 0) is 7.05 Å². The first-order chi connectivity index (χ1) is 12.3. The zero-order valence-corrected chi connectivity index (χ0v) is 14.4. The van der Waals surface area contributed by atoms with Crippen LogP contribution in [0.2, 0.25) is 0 Å². The van der Waals surface area contributed by atoms with Gasteiger partial charge >= 0.3 is 6.61 Å². The number of nitrogens with one attached hydrogen (secondary N) is 2. The summed E-state index contributed by atoms with van der Waals surface area (Å²) in [7, 11) is 3.05. The number of rotatable bonds is 7. The zero-order valence-electron chi connectivity index (χ0n) is 14.4. The van der Waals surface area contributed by atoms with E-state index in [1.165, 1.54) is 36.1 Å². The first kappa shape index (κ1) is 19.2. The van der Waals surface area contributed by atoms with Crippen LogP contribution in [0.15, 0.2) is 24.4 Å². The highest BCUT2D eigenvalue weighted by atomic mass is 19.3. The molecule has 0 aliphatic carbocycles. The fourth-order valence-electron chi connectivity index (χ4n) is 2.17. The fourth-order valence-corrected chi connectivity index (χ4v) is 2.17. The summed E-state index contributed by atoms with van der Waals surface area (Å²) < 4.78 is 35.9. The fraction of sp³-hybridized carbons (Fsp3) is 0.312. The lowest BCUT2D eigenvalue weighted by Gasteiger charge is -2.12. The summed E-state index contributed by atoms with van der Waals surface area (Å²) in [6, 6.07) is 3.81. The number of ether oxygens (including phenoxy) is 2. The van der Waals surface area contributed by atoms with Crippen LogP contribution in [0.4, 0.5) is 14.5 Å². The summed E-state index contributed by atoms with van der Waals surface area (Å²) >= 11 is 0. The number of alkyl halides is 2. The second kappa shape index (κ2) is 8.28. The Hall–Kier alpha value is -3.17. The van der Waals surface area contributed by atoms with Gasteiger partial charge in [-0.05, 0) is 25.1 Å². The molecule has 2 rings (SSSR count). The number of aryl methyl sites for hydroxylation is 1. The van der Waals surface area contributed by atoms with Gasteiger partial charge < -0.3 is 20.1 Å². The highest BCUT2D eigenvalue weighted by Gasteiger charge is 2.19. The Labute approximate surface area is 148 Å². The molecule has 2 amide bonds. The van der Waals surface area contributed by atoms with E-state index in [2.05, 4.69) is 20.5 Å². The van der Waals surface area contributed by atoms with Gasteiger partial charge in [-0.25, -0.2) is 0 Å². The maximum absolute atomic E-state index is 12.5. The normalized spacial score (nSPS) is 10.5. The van der Waals surface area contributed by atoms with Crippen LogP contribution in [-0.4, -0.2) is 41.9 Å². The molecule has 10 heteroatoms. The second-order valence-electron chi connectivity index (χ2n) is 5.07. The minimum atomic E-state index is -3.01. The molecule has 8 nitrogen and oxygen atoms in total. The van der Waals surface area contributed by atoms with Crippen molar-refractivity contribution in [1.82, 2.24) is 15.1 Å². The van der Waals surface area contributed by atoms with Crippen molar-refractivity contribution in [2.75, 3.05) is 19.0 Å². The van der Waals surface area contributed by atoms with Gasteiger partial charge in [0.2, 0.25) is 0 Å². The molecule has 0 aliphatic heterocycles. The van der Waals surface area contributed by atoms with Crippen LogP contribution in [0.25, 0.3) is 0 Å². The van der Waals surface area contributed by atoms with E-state index in [9.17, 15) is 18.4 Å². The third-order valence-electron chi connectivity index (χ3n) is 3.24. The van der Waals surface area contributed by atoms with Crippen molar-refractivity contribution in [3.63, 3.8) is 0 Å². The molecule has 1 aromatic carbocycles. The number of hydrogen-bond donors (Lipinski definition) is 2. The van der Waals surface area contributed by atoms with E-state index in [0.29, 0.717) is 0 Å². The highest BCUT2D eigenvalue weighted by Crippen LogP contribution is 2.30. The summed E-state index contributed by atoms with van der Waals surface area (Å²) in [5.74, 6) is -1.19. The minimum Gasteiger partial charge on any atom is -0.490 e. The molecule has 26 heavy (non-hydrogen) atoms. The minimum absolute atomic E-state index is 0.0122. The molecule has 0 bridgehead atoms. The monoisotopic (exact) mass is 368 g/mol. The van der Waals surface area contributed by atoms with E-state index in [-0.39, 0.29) is 35.1 Å². The smallest absolute Gasteiger partial charge is 0.387 e. The van der Waals surface area contributed by atoms with Crippen molar-refractivity contribution >= 4 is 17.5 Å². The maximum Gasteiger partial charge on any atom is 0.387 e.